The molecule has 0 amide bonds. The lowest BCUT2D eigenvalue weighted by molar-refractivity contribution is 0.0333. The minimum atomic E-state index is -0.937. The molecule has 33 heavy (non-hydrogen) atoms. The number of rotatable bonds is 7. The van der Waals surface area contributed by atoms with Crippen LogP contribution in [0.4, 0.5) is 14.5 Å². The number of anilines is 1. The van der Waals surface area contributed by atoms with Gasteiger partial charge in [-0.3, -0.25) is 0 Å². The third kappa shape index (κ3) is 4.64. The molecule has 1 spiro atoms. The molecule has 2 aliphatic heterocycles. The second-order valence-corrected chi connectivity index (χ2v) is 9.75. The van der Waals surface area contributed by atoms with Crippen molar-refractivity contribution in [2.75, 3.05) is 17.6 Å². The summed E-state index contributed by atoms with van der Waals surface area (Å²) in [5.74, 6) is -0.944. The third-order valence-corrected chi connectivity index (χ3v) is 7.56. The average Bonchev–Trinajstić information content (AvgIpc) is 3.61. The van der Waals surface area contributed by atoms with Crippen molar-refractivity contribution >= 4 is 17.4 Å². The van der Waals surface area contributed by atoms with Gasteiger partial charge in [0.05, 0.1) is 11.3 Å². The van der Waals surface area contributed by atoms with Gasteiger partial charge in [-0.15, -0.1) is 11.8 Å². The molecule has 0 bridgehead atoms. The lowest BCUT2D eigenvalue weighted by atomic mass is 9.96. The number of halogens is 2. The van der Waals surface area contributed by atoms with Crippen LogP contribution in [0.25, 0.3) is 0 Å². The van der Waals surface area contributed by atoms with Crippen LogP contribution in [0.15, 0.2) is 72.8 Å². The molecule has 1 N–H and O–H groups in total. The van der Waals surface area contributed by atoms with Gasteiger partial charge in [0.1, 0.15) is 11.6 Å². The Morgan fingerprint density at radius 2 is 1.61 bits per heavy atom. The quantitative estimate of drug-likeness (QED) is 0.345. The number of nitrogens with one attached hydrogen (secondary N) is 1. The first kappa shape index (κ1) is 22.3. The van der Waals surface area contributed by atoms with E-state index in [4.69, 9.17) is 9.78 Å². The first-order chi connectivity index (χ1) is 16.1. The molecule has 172 valence electrons. The lowest BCUT2D eigenvalue weighted by Crippen LogP contribution is -2.50. The Morgan fingerprint density at radius 3 is 2.30 bits per heavy atom. The van der Waals surface area contributed by atoms with Gasteiger partial charge in [0.25, 0.3) is 5.91 Å². The van der Waals surface area contributed by atoms with Crippen molar-refractivity contribution in [3.8, 4) is 0 Å². The van der Waals surface area contributed by atoms with Crippen LogP contribution in [0.2, 0.25) is 0 Å². The minimum absolute atomic E-state index is 0.0175. The smallest absolute Gasteiger partial charge is 0.298 e. The van der Waals surface area contributed by atoms with E-state index in [1.165, 1.54) is 12.1 Å². The fraction of sp³-hybridized carbons (Fsp3) is 0.308. The molecule has 0 radical (unpaired) electrons. The van der Waals surface area contributed by atoms with Gasteiger partial charge in [0, 0.05) is 30.1 Å². The molecule has 0 aromatic heterocycles. The maximum Gasteiger partial charge on any atom is 0.298 e. The minimum Gasteiger partial charge on any atom is -0.385 e. The van der Waals surface area contributed by atoms with E-state index in [9.17, 15) is 4.39 Å². The second-order valence-electron chi connectivity index (χ2n) is 8.40. The summed E-state index contributed by atoms with van der Waals surface area (Å²) in [6.07, 6.45) is 0.389. The third-order valence-electron chi connectivity index (χ3n) is 6.29. The van der Waals surface area contributed by atoms with Gasteiger partial charge in [-0.05, 0) is 48.7 Å². The van der Waals surface area contributed by atoms with Crippen LogP contribution < -0.4 is 5.32 Å². The first-order valence-corrected chi connectivity index (χ1v) is 12.2. The molecule has 3 aromatic carbocycles. The predicted octanol–water partition coefficient (Wildman–Crippen LogP) is 5.91. The average molecular weight is 469 g/mol. The van der Waals surface area contributed by atoms with E-state index in [-0.39, 0.29) is 17.8 Å². The Labute approximate surface area is 196 Å². The molecular weight excluding hydrogens is 442 g/mol. The highest BCUT2D eigenvalue weighted by molar-refractivity contribution is 7.99. The number of thioether (sulfide) groups is 1. The zero-order valence-electron chi connectivity index (χ0n) is 18.3. The summed E-state index contributed by atoms with van der Waals surface area (Å²) in [5, 5.41) is 3.26. The highest BCUT2D eigenvalue weighted by Gasteiger charge is 2.64. The molecule has 2 aliphatic rings. The topological polar surface area (TPSA) is 40.3 Å². The van der Waals surface area contributed by atoms with Crippen molar-refractivity contribution in [3.63, 3.8) is 0 Å². The Bertz CT molecular complexity index is 1100. The number of benzene rings is 3. The SMILES string of the molecule is CC1SCC(c2ccccc2)C2(OO2)N1Cc1cc(F)c(CCNc2ccccc2)cc1F. The van der Waals surface area contributed by atoms with E-state index in [1.807, 2.05) is 72.5 Å². The second kappa shape index (κ2) is 9.43. The van der Waals surface area contributed by atoms with Crippen molar-refractivity contribution in [2.45, 2.75) is 37.1 Å². The van der Waals surface area contributed by atoms with Crippen molar-refractivity contribution < 1.29 is 18.6 Å². The van der Waals surface area contributed by atoms with Crippen LogP contribution in [-0.2, 0) is 22.7 Å². The molecule has 5 rings (SSSR count). The van der Waals surface area contributed by atoms with Crippen LogP contribution >= 0.6 is 11.8 Å². The molecule has 2 atom stereocenters. The van der Waals surface area contributed by atoms with E-state index >= 15 is 4.39 Å². The molecule has 4 nitrogen and oxygen atoms in total. The summed E-state index contributed by atoms with van der Waals surface area (Å²) >= 11 is 1.75. The van der Waals surface area contributed by atoms with Gasteiger partial charge in [-0.2, -0.15) is 9.78 Å². The van der Waals surface area contributed by atoms with Crippen molar-refractivity contribution in [1.29, 1.82) is 0 Å². The van der Waals surface area contributed by atoms with Crippen molar-refractivity contribution in [3.05, 3.63) is 101 Å². The summed E-state index contributed by atoms with van der Waals surface area (Å²) in [4.78, 5) is 13.1. The Hall–Kier alpha value is -2.45. The normalized spacial score (nSPS) is 21.8. The molecule has 0 saturated carbocycles. The van der Waals surface area contributed by atoms with Crippen LogP contribution in [0.1, 0.15) is 29.5 Å². The highest BCUT2D eigenvalue weighted by atomic mass is 32.2. The van der Waals surface area contributed by atoms with Gasteiger partial charge < -0.3 is 5.32 Å². The molecule has 3 aromatic rings. The summed E-state index contributed by atoms with van der Waals surface area (Å²) in [5.41, 5.74) is 2.71. The molecular formula is C26H26F2N2O2S. The lowest BCUT2D eigenvalue weighted by Gasteiger charge is -2.40. The maximum atomic E-state index is 15.1. The molecule has 2 heterocycles. The molecule has 2 unspecified atom stereocenters. The van der Waals surface area contributed by atoms with E-state index in [2.05, 4.69) is 5.32 Å². The Kier molecular flexibility index (Phi) is 6.38. The molecule has 7 heteroatoms. The van der Waals surface area contributed by atoms with E-state index in [1.54, 1.807) is 11.8 Å². The Balaban J connectivity index is 1.31. The molecule has 0 aliphatic carbocycles. The number of hydrogen-bond acceptors (Lipinski definition) is 5. The number of para-hydroxylation sites is 1. The van der Waals surface area contributed by atoms with E-state index < -0.39 is 17.5 Å². The van der Waals surface area contributed by atoms with Gasteiger partial charge in [0.15, 0.2) is 0 Å². The molecule has 2 saturated heterocycles. The zero-order chi connectivity index (χ0) is 22.8. The number of hydrogen-bond donors (Lipinski definition) is 1. The largest absolute Gasteiger partial charge is 0.385 e. The van der Waals surface area contributed by atoms with E-state index in [0.717, 1.165) is 17.0 Å². The van der Waals surface area contributed by atoms with Crippen molar-refractivity contribution in [1.82, 2.24) is 4.90 Å². The predicted molar refractivity (Wildman–Crippen MR) is 127 cm³/mol. The summed E-state index contributed by atoms with van der Waals surface area (Å²) < 4.78 is 29.9. The van der Waals surface area contributed by atoms with Gasteiger partial charge in [-0.25, -0.2) is 13.7 Å². The monoisotopic (exact) mass is 468 g/mol. The maximum absolute atomic E-state index is 15.1. The fourth-order valence-electron chi connectivity index (χ4n) is 4.39. The Morgan fingerprint density at radius 1 is 0.970 bits per heavy atom. The van der Waals surface area contributed by atoms with Crippen LogP contribution in [0.5, 0.6) is 0 Å². The van der Waals surface area contributed by atoms with Crippen LogP contribution in [-0.4, -0.2) is 28.5 Å². The van der Waals surface area contributed by atoms with E-state index in [0.29, 0.717) is 24.1 Å². The highest BCUT2D eigenvalue weighted by Crippen LogP contribution is 2.53. The van der Waals surface area contributed by atoms with Gasteiger partial charge in [0.2, 0.25) is 0 Å². The van der Waals surface area contributed by atoms with Crippen LogP contribution in [0.3, 0.4) is 0 Å². The summed E-state index contributed by atoms with van der Waals surface area (Å²) in [6, 6.07) is 22.3. The summed E-state index contributed by atoms with van der Waals surface area (Å²) in [6.45, 7) is 2.75. The van der Waals surface area contributed by atoms with Gasteiger partial charge in [-0.1, -0.05) is 48.5 Å². The summed E-state index contributed by atoms with van der Waals surface area (Å²) in [7, 11) is 0. The molecule has 2 fully saturated rings. The van der Waals surface area contributed by atoms with Gasteiger partial charge >= 0.3 is 0 Å². The number of nitrogens with zero attached hydrogens (tertiary/aromatic N) is 1. The first-order valence-electron chi connectivity index (χ1n) is 11.1. The fourth-order valence-corrected chi connectivity index (χ4v) is 5.67. The van der Waals surface area contributed by atoms with Crippen molar-refractivity contribution in [2.24, 2.45) is 0 Å². The standard InChI is InChI=1S/C26H26F2N2O2S/c1-18-30(26(31-32-26)23(17-33-18)19-8-4-2-5-9-19)16-21-15-24(27)20(14-25(21)28)12-13-29-22-10-6-3-7-11-22/h2-11,14-15,18,23,29H,12-13,16-17H2,1H3. The zero-order valence-corrected chi connectivity index (χ0v) is 19.2. The van der Waals surface area contributed by atoms with Crippen LogP contribution in [0, 0.1) is 11.6 Å².